The molecule has 0 saturated carbocycles. The van der Waals surface area contributed by atoms with Crippen molar-refractivity contribution in [2.24, 2.45) is 0 Å². The molecule has 0 atom stereocenters. The van der Waals surface area contributed by atoms with Crippen LogP contribution in [-0.4, -0.2) is 17.6 Å². The molecule has 0 bridgehead atoms. The molecule has 0 spiro atoms. The lowest BCUT2D eigenvalue weighted by Gasteiger charge is -2.06. The van der Waals surface area contributed by atoms with Crippen molar-refractivity contribution in [2.45, 2.75) is 19.9 Å². The van der Waals surface area contributed by atoms with Crippen molar-refractivity contribution < 1.29 is 9.53 Å². The van der Waals surface area contributed by atoms with E-state index in [-0.39, 0.29) is 5.97 Å². The van der Waals surface area contributed by atoms with Gasteiger partial charge in [0.05, 0.1) is 19.6 Å². The number of nitrogens with one attached hydrogen (secondary N) is 1. The summed E-state index contributed by atoms with van der Waals surface area (Å²) in [6.45, 7) is 2.90. The molecule has 4 nitrogen and oxygen atoms in total. The lowest BCUT2D eigenvalue weighted by molar-refractivity contribution is -0.142. The molecule has 1 aromatic heterocycles. The Bertz CT molecular complexity index is 569. The van der Waals surface area contributed by atoms with E-state index in [4.69, 9.17) is 16.3 Å². The summed E-state index contributed by atoms with van der Waals surface area (Å²) in [4.78, 5) is 16.4. The van der Waals surface area contributed by atoms with Crippen LogP contribution in [0.4, 0.5) is 5.69 Å². The first kappa shape index (κ1) is 14.8. The third kappa shape index (κ3) is 4.51. The summed E-state index contributed by atoms with van der Waals surface area (Å²) in [5.74, 6) is -0.201. The number of nitrogens with zero attached hydrogens (tertiary/aromatic N) is 1. The summed E-state index contributed by atoms with van der Waals surface area (Å²) in [6, 6.07) is 7.71. The standard InChI is InChI=1S/C14H15ClN2O2S/c1-2-19-13(18)7-10-3-5-11(6-4-10)16-8-12-9-17-14(15)20-12/h3-6,9,16H,2,7-8H2,1H3. The lowest BCUT2D eigenvalue weighted by atomic mass is 10.1. The van der Waals surface area contributed by atoms with Gasteiger partial charge in [-0.3, -0.25) is 4.79 Å². The van der Waals surface area contributed by atoms with Crippen LogP contribution in [0.15, 0.2) is 30.5 Å². The minimum atomic E-state index is -0.201. The fraction of sp³-hybridized carbons (Fsp3) is 0.286. The first-order chi connectivity index (χ1) is 9.67. The molecule has 0 amide bonds. The zero-order chi connectivity index (χ0) is 14.4. The van der Waals surface area contributed by atoms with Crippen molar-refractivity contribution in [3.63, 3.8) is 0 Å². The van der Waals surface area contributed by atoms with E-state index in [1.165, 1.54) is 11.3 Å². The molecule has 0 aliphatic heterocycles. The summed E-state index contributed by atoms with van der Waals surface area (Å²) >= 11 is 7.23. The Morgan fingerprint density at radius 1 is 1.40 bits per heavy atom. The Labute approximate surface area is 126 Å². The third-order valence-electron chi connectivity index (χ3n) is 2.60. The van der Waals surface area contributed by atoms with Gasteiger partial charge in [0, 0.05) is 16.8 Å². The molecule has 6 heteroatoms. The number of benzene rings is 1. The van der Waals surface area contributed by atoms with E-state index >= 15 is 0 Å². The highest BCUT2D eigenvalue weighted by Gasteiger charge is 2.04. The quantitative estimate of drug-likeness (QED) is 0.830. The van der Waals surface area contributed by atoms with E-state index in [0.717, 1.165) is 16.1 Å². The second kappa shape index (κ2) is 7.26. The fourth-order valence-corrected chi connectivity index (χ4v) is 2.59. The Kier molecular flexibility index (Phi) is 5.38. The third-order valence-corrected chi connectivity index (χ3v) is 3.71. The molecule has 1 aromatic carbocycles. The molecule has 1 N–H and O–H groups in total. The van der Waals surface area contributed by atoms with Gasteiger partial charge in [0.25, 0.3) is 0 Å². The summed E-state index contributed by atoms with van der Waals surface area (Å²) in [6.07, 6.45) is 2.06. The second-order valence-electron chi connectivity index (χ2n) is 4.11. The highest BCUT2D eigenvalue weighted by Crippen LogP contribution is 2.19. The van der Waals surface area contributed by atoms with E-state index in [1.54, 1.807) is 13.1 Å². The largest absolute Gasteiger partial charge is 0.466 e. The fourth-order valence-electron chi connectivity index (χ4n) is 1.67. The number of hydrogen-bond acceptors (Lipinski definition) is 5. The molecule has 1 heterocycles. The minimum Gasteiger partial charge on any atom is -0.466 e. The number of hydrogen-bond donors (Lipinski definition) is 1. The van der Waals surface area contributed by atoms with Crippen LogP contribution in [-0.2, 0) is 22.5 Å². The average Bonchev–Trinajstić information content (AvgIpc) is 2.84. The van der Waals surface area contributed by atoms with Crippen molar-refractivity contribution in [3.8, 4) is 0 Å². The molecule has 106 valence electrons. The predicted octanol–water partition coefficient (Wildman–Crippen LogP) is 3.51. The second-order valence-corrected chi connectivity index (χ2v) is 5.81. The van der Waals surface area contributed by atoms with Crippen LogP contribution in [0.3, 0.4) is 0 Å². The molecule has 0 fully saturated rings. The summed E-state index contributed by atoms with van der Waals surface area (Å²) in [5, 5.41) is 3.28. The van der Waals surface area contributed by atoms with Crippen molar-refractivity contribution in [1.29, 1.82) is 0 Å². The molecular weight excluding hydrogens is 296 g/mol. The smallest absolute Gasteiger partial charge is 0.310 e. The van der Waals surface area contributed by atoms with E-state index < -0.39 is 0 Å². The van der Waals surface area contributed by atoms with Crippen LogP contribution >= 0.6 is 22.9 Å². The molecule has 0 unspecified atom stereocenters. The van der Waals surface area contributed by atoms with Crippen LogP contribution in [0.1, 0.15) is 17.4 Å². The van der Waals surface area contributed by atoms with Gasteiger partial charge in [0.15, 0.2) is 4.47 Å². The van der Waals surface area contributed by atoms with Gasteiger partial charge in [-0.2, -0.15) is 0 Å². The summed E-state index contributed by atoms with van der Waals surface area (Å²) in [7, 11) is 0. The molecule has 0 aliphatic carbocycles. The van der Waals surface area contributed by atoms with E-state index in [0.29, 0.717) is 24.0 Å². The van der Waals surface area contributed by atoms with Crippen molar-refractivity contribution >= 4 is 34.6 Å². The highest BCUT2D eigenvalue weighted by molar-refractivity contribution is 7.15. The molecule has 2 rings (SSSR count). The number of ether oxygens (including phenoxy) is 1. The summed E-state index contributed by atoms with van der Waals surface area (Å²) in [5.41, 5.74) is 1.93. The van der Waals surface area contributed by atoms with Gasteiger partial charge in [-0.05, 0) is 24.6 Å². The highest BCUT2D eigenvalue weighted by atomic mass is 35.5. The van der Waals surface area contributed by atoms with Crippen LogP contribution in [0.2, 0.25) is 4.47 Å². The molecule has 0 aliphatic rings. The van der Waals surface area contributed by atoms with Crippen molar-refractivity contribution in [2.75, 3.05) is 11.9 Å². The first-order valence-electron chi connectivity index (χ1n) is 6.26. The number of thiazole rings is 1. The number of esters is 1. The number of anilines is 1. The van der Waals surface area contributed by atoms with Gasteiger partial charge in [0.2, 0.25) is 0 Å². The topological polar surface area (TPSA) is 51.2 Å². The first-order valence-corrected chi connectivity index (χ1v) is 7.45. The molecule has 0 saturated heterocycles. The lowest BCUT2D eigenvalue weighted by Crippen LogP contribution is -2.07. The molecular formula is C14H15ClN2O2S. The normalized spacial score (nSPS) is 10.3. The van der Waals surface area contributed by atoms with Gasteiger partial charge < -0.3 is 10.1 Å². The molecule has 20 heavy (non-hydrogen) atoms. The maximum atomic E-state index is 11.4. The maximum absolute atomic E-state index is 11.4. The van der Waals surface area contributed by atoms with Crippen molar-refractivity contribution in [3.05, 3.63) is 45.4 Å². The van der Waals surface area contributed by atoms with Crippen LogP contribution in [0.25, 0.3) is 0 Å². The van der Waals surface area contributed by atoms with Gasteiger partial charge >= 0.3 is 5.97 Å². The Balaban J connectivity index is 1.86. The Morgan fingerprint density at radius 3 is 2.75 bits per heavy atom. The van der Waals surface area contributed by atoms with E-state index in [9.17, 15) is 4.79 Å². The van der Waals surface area contributed by atoms with E-state index in [2.05, 4.69) is 10.3 Å². The van der Waals surface area contributed by atoms with Gasteiger partial charge in [-0.25, -0.2) is 4.98 Å². The van der Waals surface area contributed by atoms with Crippen molar-refractivity contribution in [1.82, 2.24) is 4.98 Å². The van der Waals surface area contributed by atoms with E-state index in [1.807, 2.05) is 24.3 Å². The Hall–Kier alpha value is -1.59. The molecule has 2 aromatic rings. The van der Waals surface area contributed by atoms with Gasteiger partial charge in [0.1, 0.15) is 0 Å². The molecule has 0 radical (unpaired) electrons. The number of aromatic nitrogens is 1. The minimum absolute atomic E-state index is 0.201. The number of rotatable bonds is 6. The maximum Gasteiger partial charge on any atom is 0.310 e. The van der Waals surface area contributed by atoms with Gasteiger partial charge in [-0.1, -0.05) is 23.7 Å². The predicted molar refractivity (Wildman–Crippen MR) is 81.2 cm³/mol. The Morgan fingerprint density at radius 2 is 2.15 bits per heavy atom. The zero-order valence-electron chi connectivity index (χ0n) is 11.1. The average molecular weight is 311 g/mol. The van der Waals surface area contributed by atoms with Crippen LogP contribution in [0.5, 0.6) is 0 Å². The van der Waals surface area contributed by atoms with Gasteiger partial charge in [-0.15, -0.1) is 11.3 Å². The monoisotopic (exact) mass is 310 g/mol. The SMILES string of the molecule is CCOC(=O)Cc1ccc(NCc2cnc(Cl)s2)cc1. The van der Waals surface area contributed by atoms with Crippen LogP contribution < -0.4 is 5.32 Å². The number of carbonyl (C=O) groups is 1. The number of halogens is 1. The zero-order valence-corrected chi connectivity index (χ0v) is 12.6. The van der Waals surface area contributed by atoms with Crippen LogP contribution in [0, 0.1) is 0 Å². The number of carbonyl (C=O) groups excluding carboxylic acids is 1. The summed E-state index contributed by atoms with van der Waals surface area (Å²) < 4.78 is 5.46.